The summed E-state index contributed by atoms with van der Waals surface area (Å²) in [6.45, 7) is 0. The Hall–Kier alpha value is -2.89. The molecule has 2 aromatic heterocycles. The minimum absolute atomic E-state index is 0.0917. The molecule has 0 fully saturated rings. The molecule has 0 atom stereocenters. The summed E-state index contributed by atoms with van der Waals surface area (Å²) in [7, 11) is 3.73. The molecular weight excluding hydrogens is 278 g/mol. The molecule has 0 saturated heterocycles. The number of fused-ring (bicyclic) bond motifs is 1. The number of rotatable bonds is 4. The predicted octanol–water partition coefficient (Wildman–Crippen LogP) is 2.21. The van der Waals surface area contributed by atoms with Crippen LogP contribution in [0.3, 0.4) is 0 Å². The van der Waals surface area contributed by atoms with Gasteiger partial charge in [0.05, 0.1) is 24.5 Å². The van der Waals surface area contributed by atoms with Crippen LogP contribution in [0.15, 0.2) is 42.9 Å². The summed E-state index contributed by atoms with van der Waals surface area (Å²) in [5, 5.41) is 3.88. The van der Waals surface area contributed by atoms with E-state index in [2.05, 4.69) is 20.3 Å². The third-order valence-electron chi connectivity index (χ3n) is 3.35. The lowest BCUT2D eigenvalue weighted by molar-refractivity contribution is -0.115. The minimum atomic E-state index is -0.0917. The van der Waals surface area contributed by atoms with Crippen LogP contribution in [-0.4, -0.2) is 35.0 Å². The zero-order valence-electron chi connectivity index (χ0n) is 12.5. The number of carbonyl (C=O) groups excluding carboxylic acids is 1. The lowest BCUT2D eigenvalue weighted by Gasteiger charge is -2.10. The molecule has 1 aromatic carbocycles. The quantitative estimate of drug-likeness (QED) is 0.774. The normalized spacial score (nSPS) is 10.6. The Morgan fingerprint density at radius 1 is 1.23 bits per heavy atom. The number of nitrogens with zero attached hydrogens (tertiary/aromatic N) is 3. The van der Waals surface area contributed by atoms with Crippen LogP contribution >= 0.6 is 0 Å². The van der Waals surface area contributed by atoms with E-state index in [9.17, 15) is 4.79 Å². The van der Waals surface area contributed by atoms with Gasteiger partial charge < -0.3 is 15.2 Å². The molecule has 3 rings (SSSR count). The molecule has 22 heavy (non-hydrogen) atoms. The smallest absolute Gasteiger partial charge is 0.228 e. The van der Waals surface area contributed by atoms with Crippen molar-refractivity contribution < 1.29 is 4.79 Å². The van der Waals surface area contributed by atoms with Crippen molar-refractivity contribution in [2.75, 3.05) is 24.3 Å². The van der Waals surface area contributed by atoms with Crippen LogP contribution in [0.5, 0.6) is 0 Å². The van der Waals surface area contributed by atoms with Crippen LogP contribution in [0.4, 0.5) is 11.6 Å². The maximum Gasteiger partial charge on any atom is 0.228 e. The predicted molar refractivity (Wildman–Crippen MR) is 87.0 cm³/mol. The Kier molecular flexibility index (Phi) is 3.74. The number of anilines is 2. The highest BCUT2D eigenvalue weighted by Gasteiger charge is 2.09. The van der Waals surface area contributed by atoms with Gasteiger partial charge in [-0.05, 0) is 11.6 Å². The maximum atomic E-state index is 12.2. The summed E-state index contributed by atoms with van der Waals surface area (Å²) in [5.74, 6) is 0.514. The van der Waals surface area contributed by atoms with E-state index in [0.29, 0.717) is 18.1 Å². The summed E-state index contributed by atoms with van der Waals surface area (Å²) in [4.78, 5) is 25.5. The number of amides is 1. The summed E-state index contributed by atoms with van der Waals surface area (Å²) in [6, 6.07) is 7.92. The monoisotopic (exact) mass is 295 g/mol. The van der Waals surface area contributed by atoms with Crippen molar-refractivity contribution in [2.24, 2.45) is 0 Å². The molecule has 3 aromatic rings. The molecule has 0 spiro atoms. The van der Waals surface area contributed by atoms with Gasteiger partial charge in [-0.2, -0.15) is 0 Å². The largest absolute Gasteiger partial charge is 0.361 e. The van der Waals surface area contributed by atoms with Gasteiger partial charge in [-0.15, -0.1) is 0 Å². The molecule has 1 amide bonds. The number of aromatic nitrogens is 3. The van der Waals surface area contributed by atoms with Crippen LogP contribution in [0, 0.1) is 0 Å². The molecule has 2 heterocycles. The first-order valence-corrected chi connectivity index (χ1v) is 6.97. The van der Waals surface area contributed by atoms with Crippen molar-refractivity contribution in [1.82, 2.24) is 15.0 Å². The Balaban J connectivity index is 1.69. The average molecular weight is 295 g/mol. The molecule has 0 radical (unpaired) electrons. The number of hydrogen-bond donors (Lipinski definition) is 2. The molecule has 0 unspecified atom stereocenters. The van der Waals surface area contributed by atoms with Gasteiger partial charge in [0.1, 0.15) is 0 Å². The first-order chi connectivity index (χ1) is 10.6. The van der Waals surface area contributed by atoms with Crippen molar-refractivity contribution in [3.8, 4) is 0 Å². The number of benzene rings is 1. The van der Waals surface area contributed by atoms with Gasteiger partial charge >= 0.3 is 0 Å². The first-order valence-electron chi connectivity index (χ1n) is 6.97. The van der Waals surface area contributed by atoms with Crippen molar-refractivity contribution in [2.45, 2.75) is 6.42 Å². The van der Waals surface area contributed by atoms with Crippen molar-refractivity contribution in [1.29, 1.82) is 0 Å². The average Bonchev–Trinajstić information content (AvgIpc) is 2.91. The lowest BCUT2D eigenvalue weighted by atomic mass is 10.1. The van der Waals surface area contributed by atoms with E-state index in [0.717, 1.165) is 16.5 Å². The summed E-state index contributed by atoms with van der Waals surface area (Å²) in [5.41, 5.74) is 2.60. The van der Waals surface area contributed by atoms with Gasteiger partial charge in [0.25, 0.3) is 0 Å². The van der Waals surface area contributed by atoms with E-state index >= 15 is 0 Å². The summed E-state index contributed by atoms with van der Waals surface area (Å²) >= 11 is 0. The number of aromatic amines is 1. The van der Waals surface area contributed by atoms with Crippen molar-refractivity contribution in [3.63, 3.8) is 0 Å². The fraction of sp³-hybridized carbons (Fsp3) is 0.188. The van der Waals surface area contributed by atoms with Crippen LogP contribution in [0.2, 0.25) is 0 Å². The highest BCUT2D eigenvalue weighted by Crippen LogP contribution is 2.18. The van der Waals surface area contributed by atoms with Gasteiger partial charge in [0, 0.05) is 31.2 Å². The molecule has 0 aliphatic heterocycles. The number of para-hydroxylation sites is 1. The van der Waals surface area contributed by atoms with Gasteiger partial charge in [-0.3, -0.25) is 4.79 Å². The van der Waals surface area contributed by atoms with E-state index in [-0.39, 0.29) is 5.91 Å². The second kappa shape index (κ2) is 5.85. The first kappa shape index (κ1) is 14.1. The highest BCUT2D eigenvalue weighted by molar-refractivity contribution is 5.95. The zero-order valence-corrected chi connectivity index (χ0v) is 12.5. The highest BCUT2D eigenvalue weighted by atomic mass is 16.1. The molecule has 0 aliphatic rings. The molecule has 0 bridgehead atoms. The third-order valence-corrected chi connectivity index (χ3v) is 3.35. The van der Waals surface area contributed by atoms with Gasteiger partial charge in [0.2, 0.25) is 11.9 Å². The Bertz CT molecular complexity index is 792. The third kappa shape index (κ3) is 2.90. The molecular formula is C16H17N5O. The lowest BCUT2D eigenvalue weighted by Crippen LogP contribution is -2.16. The topological polar surface area (TPSA) is 73.9 Å². The van der Waals surface area contributed by atoms with Crippen LogP contribution in [0.25, 0.3) is 10.9 Å². The molecule has 6 nitrogen and oxygen atoms in total. The number of H-pyrrole nitrogens is 1. The fourth-order valence-corrected chi connectivity index (χ4v) is 2.27. The van der Waals surface area contributed by atoms with E-state index < -0.39 is 0 Å². The van der Waals surface area contributed by atoms with Gasteiger partial charge in [-0.25, -0.2) is 9.97 Å². The minimum Gasteiger partial charge on any atom is -0.361 e. The molecule has 0 saturated carbocycles. The molecule has 0 aliphatic carbocycles. The number of nitrogens with one attached hydrogen (secondary N) is 2. The van der Waals surface area contributed by atoms with E-state index in [4.69, 9.17) is 0 Å². The van der Waals surface area contributed by atoms with E-state index in [1.807, 2.05) is 44.6 Å². The molecule has 6 heteroatoms. The second-order valence-electron chi connectivity index (χ2n) is 5.25. The maximum absolute atomic E-state index is 12.2. The van der Waals surface area contributed by atoms with Gasteiger partial charge in [0.15, 0.2) is 0 Å². The molecule has 112 valence electrons. The fourth-order valence-electron chi connectivity index (χ4n) is 2.27. The van der Waals surface area contributed by atoms with Gasteiger partial charge in [-0.1, -0.05) is 18.2 Å². The number of carbonyl (C=O) groups is 1. The van der Waals surface area contributed by atoms with E-state index in [1.165, 1.54) is 0 Å². The Morgan fingerprint density at radius 3 is 2.68 bits per heavy atom. The van der Waals surface area contributed by atoms with Crippen molar-refractivity contribution in [3.05, 3.63) is 48.4 Å². The van der Waals surface area contributed by atoms with E-state index in [1.54, 1.807) is 17.3 Å². The number of hydrogen-bond acceptors (Lipinski definition) is 4. The summed E-state index contributed by atoms with van der Waals surface area (Å²) < 4.78 is 0. The second-order valence-corrected chi connectivity index (χ2v) is 5.25. The van der Waals surface area contributed by atoms with Crippen LogP contribution < -0.4 is 10.2 Å². The van der Waals surface area contributed by atoms with Crippen LogP contribution in [-0.2, 0) is 11.2 Å². The van der Waals surface area contributed by atoms with Crippen LogP contribution in [0.1, 0.15) is 5.56 Å². The Morgan fingerprint density at radius 2 is 1.95 bits per heavy atom. The molecule has 2 N–H and O–H groups in total. The SMILES string of the molecule is CN(C)c1ncc(NC(=O)Cc2c[nH]c3ccccc23)cn1. The zero-order chi connectivity index (χ0) is 15.5. The Labute approximate surface area is 128 Å². The summed E-state index contributed by atoms with van der Waals surface area (Å²) in [6.07, 6.45) is 5.39. The standard InChI is InChI=1S/C16H17N5O/c1-21(2)16-18-9-12(10-19-16)20-15(22)7-11-8-17-14-6-4-3-5-13(11)14/h3-6,8-10,17H,7H2,1-2H3,(H,20,22). The van der Waals surface area contributed by atoms with Crippen molar-refractivity contribution >= 4 is 28.4 Å².